The van der Waals surface area contributed by atoms with Gasteiger partial charge in [0, 0.05) is 11.5 Å². The second kappa shape index (κ2) is 5.34. The number of aromatic hydroxyl groups is 2. The Balaban J connectivity index is 2.64. The van der Waals surface area contributed by atoms with Crippen LogP contribution in [-0.2, 0) is 4.79 Å². The summed E-state index contributed by atoms with van der Waals surface area (Å²) in [4.78, 5) is 22.9. The summed E-state index contributed by atoms with van der Waals surface area (Å²) in [6.45, 7) is 3.33. The van der Waals surface area contributed by atoms with Crippen LogP contribution in [0, 0.1) is 5.92 Å². The molecule has 0 aliphatic carbocycles. The topological polar surface area (TPSA) is 86.6 Å². The summed E-state index contributed by atoms with van der Waals surface area (Å²) in [5.74, 6) is -1.36. The number of Topliss-reactive ketones (excluding diaryl/α,β-unsaturated/α-hetero) is 1. The van der Waals surface area contributed by atoms with Crippen molar-refractivity contribution in [3.8, 4) is 11.5 Å². The molecular weight excluding hydrogens is 222 g/mol. The number of amides is 1. The lowest BCUT2D eigenvalue weighted by molar-refractivity contribution is -0.123. The first-order valence-electron chi connectivity index (χ1n) is 5.24. The third kappa shape index (κ3) is 3.48. The Labute approximate surface area is 99.1 Å². The molecule has 1 aromatic carbocycles. The van der Waals surface area contributed by atoms with Gasteiger partial charge in [-0.15, -0.1) is 0 Å². The van der Waals surface area contributed by atoms with Crippen LogP contribution in [-0.4, -0.2) is 28.4 Å². The molecule has 17 heavy (non-hydrogen) atoms. The van der Waals surface area contributed by atoms with E-state index in [-0.39, 0.29) is 41.2 Å². The molecule has 0 unspecified atom stereocenters. The predicted molar refractivity (Wildman–Crippen MR) is 61.9 cm³/mol. The van der Waals surface area contributed by atoms with Gasteiger partial charge in [0.2, 0.25) is 5.91 Å². The van der Waals surface area contributed by atoms with Crippen LogP contribution in [0.4, 0.5) is 0 Å². The molecule has 0 spiro atoms. The minimum atomic E-state index is -0.356. The summed E-state index contributed by atoms with van der Waals surface area (Å²) < 4.78 is 0. The van der Waals surface area contributed by atoms with Crippen LogP contribution in [0.15, 0.2) is 18.2 Å². The fraction of sp³-hybridized carbons (Fsp3) is 0.333. The van der Waals surface area contributed by atoms with E-state index in [1.54, 1.807) is 13.8 Å². The Morgan fingerprint density at radius 2 is 1.88 bits per heavy atom. The zero-order valence-electron chi connectivity index (χ0n) is 9.73. The van der Waals surface area contributed by atoms with Crippen molar-refractivity contribution in [2.45, 2.75) is 13.8 Å². The normalized spacial score (nSPS) is 10.3. The van der Waals surface area contributed by atoms with Gasteiger partial charge in [0.05, 0.1) is 6.54 Å². The maximum Gasteiger partial charge on any atom is 0.222 e. The molecule has 0 saturated carbocycles. The van der Waals surface area contributed by atoms with E-state index in [0.29, 0.717) is 0 Å². The van der Waals surface area contributed by atoms with E-state index in [2.05, 4.69) is 5.32 Å². The lowest BCUT2D eigenvalue weighted by Gasteiger charge is -2.07. The maximum absolute atomic E-state index is 11.6. The lowest BCUT2D eigenvalue weighted by atomic mass is 10.1. The van der Waals surface area contributed by atoms with Gasteiger partial charge < -0.3 is 15.5 Å². The van der Waals surface area contributed by atoms with Crippen LogP contribution in [0.25, 0.3) is 0 Å². The smallest absolute Gasteiger partial charge is 0.222 e. The number of nitrogens with one attached hydrogen (secondary N) is 1. The molecule has 0 saturated heterocycles. The van der Waals surface area contributed by atoms with Crippen molar-refractivity contribution < 1.29 is 19.8 Å². The molecule has 0 atom stereocenters. The molecular formula is C12H15NO4. The quantitative estimate of drug-likeness (QED) is 0.539. The summed E-state index contributed by atoms with van der Waals surface area (Å²) in [5.41, 5.74) is 0.240. The van der Waals surface area contributed by atoms with Crippen molar-refractivity contribution >= 4 is 11.7 Å². The Kier molecular flexibility index (Phi) is 4.09. The van der Waals surface area contributed by atoms with E-state index in [9.17, 15) is 14.7 Å². The number of ketones is 1. The van der Waals surface area contributed by atoms with E-state index in [4.69, 9.17) is 5.11 Å². The molecule has 1 amide bonds. The van der Waals surface area contributed by atoms with Crippen molar-refractivity contribution in [3.63, 3.8) is 0 Å². The van der Waals surface area contributed by atoms with Crippen molar-refractivity contribution in [1.82, 2.24) is 5.32 Å². The fourth-order valence-electron chi connectivity index (χ4n) is 1.17. The summed E-state index contributed by atoms with van der Waals surface area (Å²) in [7, 11) is 0. The molecule has 0 bridgehead atoms. The molecule has 92 valence electrons. The number of rotatable bonds is 4. The van der Waals surface area contributed by atoms with E-state index in [0.717, 1.165) is 0 Å². The van der Waals surface area contributed by atoms with Crippen LogP contribution in [0.1, 0.15) is 24.2 Å². The number of hydrogen-bond acceptors (Lipinski definition) is 4. The van der Waals surface area contributed by atoms with Crippen molar-refractivity contribution in [1.29, 1.82) is 0 Å². The number of phenols is 2. The predicted octanol–water partition coefficient (Wildman–Crippen LogP) is 1.05. The van der Waals surface area contributed by atoms with Crippen LogP contribution in [0.5, 0.6) is 11.5 Å². The van der Waals surface area contributed by atoms with E-state index in [1.807, 2.05) is 0 Å². The lowest BCUT2D eigenvalue weighted by Crippen LogP contribution is -2.32. The number of carbonyl (C=O) groups is 2. The van der Waals surface area contributed by atoms with E-state index < -0.39 is 0 Å². The van der Waals surface area contributed by atoms with Gasteiger partial charge in [-0.05, 0) is 18.2 Å². The molecule has 0 fully saturated rings. The van der Waals surface area contributed by atoms with Crippen LogP contribution in [0.2, 0.25) is 0 Å². The first-order valence-corrected chi connectivity index (χ1v) is 5.24. The Hall–Kier alpha value is -2.04. The third-order valence-corrected chi connectivity index (χ3v) is 2.24. The van der Waals surface area contributed by atoms with Gasteiger partial charge in [-0.25, -0.2) is 0 Å². The summed E-state index contributed by atoms with van der Waals surface area (Å²) in [5, 5.41) is 20.8. The number of phenolic OH excluding ortho intramolecular Hbond substituents is 2. The standard InChI is InChI=1S/C12H15NO4/c1-7(2)12(17)13-6-11(16)8-3-4-9(14)10(15)5-8/h3-5,7,14-15H,6H2,1-2H3,(H,13,17). The summed E-state index contributed by atoms with van der Waals surface area (Å²) in [6, 6.07) is 3.78. The molecule has 5 heteroatoms. The molecule has 1 aromatic rings. The summed E-state index contributed by atoms with van der Waals surface area (Å²) >= 11 is 0. The average Bonchev–Trinajstić information content (AvgIpc) is 2.28. The Morgan fingerprint density at radius 3 is 2.41 bits per heavy atom. The largest absolute Gasteiger partial charge is 0.504 e. The molecule has 0 aliphatic rings. The zero-order valence-corrected chi connectivity index (χ0v) is 9.73. The van der Waals surface area contributed by atoms with Gasteiger partial charge in [-0.1, -0.05) is 13.8 Å². The van der Waals surface area contributed by atoms with Gasteiger partial charge in [-0.2, -0.15) is 0 Å². The molecule has 0 radical (unpaired) electrons. The molecule has 3 N–H and O–H groups in total. The van der Waals surface area contributed by atoms with Gasteiger partial charge in [0.1, 0.15) is 0 Å². The van der Waals surface area contributed by atoms with Gasteiger partial charge in [0.25, 0.3) is 0 Å². The zero-order chi connectivity index (χ0) is 13.0. The number of hydrogen-bond donors (Lipinski definition) is 3. The SMILES string of the molecule is CC(C)C(=O)NCC(=O)c1ccc(O)c(O)c1. The third-order valence-electron chi connectivity index (χ3n) is 2.24. The van der Waals surface area contributed by atoms with Gasteiger partial charge in [-0.3, -0.25) is 9.59 Å². The summed E-state index contributed by atoms with van der Waals surface area (Å²) in [6.07, 6.45) is 0. The molecule has 0 aliphatic heterocycles. The van der Waals surface area contributed by atoms with Crippen LogP contribution < -0.4 is 5.32 Å². The van der Waals surface area contributed by atoms with Gasteiger partial charge >= 0.3 is 0 Å². The van der Waals surface area contributed by atoms with Crippen LogP contribution >= 0.6 is 0 Å². The van der Waals surface area contributed by atoms with Crippen molar-refractivity contribution in [2.24, 2.45) is 5.92 Å². The second-order valence-corrected chi connectivity index (χ2v) is 4.00. The maximum atomic E-state index is 11.6. The molecule has 5 nitrogen and oxygen atoms in total. The highest BCUT2D eigenvalue weighted by molar-refractivity contribution is 5.99. The Morgan fingerprint density at radius 1 is 1.24 bits per heavy atom. The first-order chi connectivity index (χ1) is 7.91. The minimum absolute atomic E-state index is 0.124. The molecule has 0 heterocycles. The highest BCUT2D eigenvalue weighted by Gasteiger charge is 2.12. The molecule has 1 rings (SSSR count). The first kappa shape index (κ1) is 13.0. The average molecular weight is 237 g/mol. The van der Waals surface area contributed by atoms with Crippen molar-refractivity contribution in [2.75, 3.05) is 6.54 Å². The second-order valence-electron chi connectivity index (χ2n) is 4.00. The minimum Gasteiger partial charge on any atom is -0.504 e. The van der Waals surface area contributed by atoms with E-state index >= 15 is 0 Å². The molecule has 0 aromatic heterocycles. The number of benzene rings is 1. The Bertz CT molecular complexity index is 440. The highest BCUT2D eigenvalue weighted by atomic mass is 16.3. The van der Waals surface area contributed by atoms with Crippen LogP contribution in [0.3, 0.4) is 0 Å². The highest BCUT2D eigenvalue weighted by Crippen LogP contribution is 2.24. The number of carbonyl (C=O) groups excluding carboxylic acids is 2. The van der Waals surface area contributed by atoms with Crippen molar-refractivity contribution in [3.05, 3.63) is 23.8 Å². The van der Waals surface area contributed by atoms with E-state index in [1.165, 1.54) is 18.2 Å². The van der Waals surface area contributed by atoms with Gasteiger partial charge in [0.15, 0.2) is 17.3 Å². The monoisotopic (exact) mass is 237 g/mol. The fourth-order valence-corrected chi connectivity index (χ4v) is 1.17.